The first-order valence-corrected chi connectivity index (χ1v) is 5.44. The average Bonchev–Trinajstić information content (AvgIpc) is 3.00. The van der Waals surface area contributed by atoms with Crippen LogP contribution in [-0.4, -0.2) is 27.7 Å². The maximum Gasteiger partial charge on any atom is 0.222 e. The summed E-state index contributed by atoms with van der Waals surface area (Å²) < 4.78 is 0.853. The molecule has 4 nitrogen and oxygen atoms in total. The summed E-state index contributed by atoms with van der Waals surface area (Å²) >= 11 is 3.26. The number of aromatic nitrogens is 2. The van der Waals surface area contributed by atoms with Crippen LogP contribution in [0.15, 0.2) is 16.9 Å². The highest BCUT2D eigenvalue weighted by Gasteiger charge is 2.29. The number of hydrogen-bond donors (Lipinski definition) is 2. The Morgan fingerprint density at radius 3 is 2.71 bits per heavy atom. The predicted molar refractivity (Wildman–Crippen MR) is 57.0 cm³/mol. The molecule has 1 aliphatic rings. The van der Waals surface area contributed by atoms with E-state index in [4.69, 9.17) is 0 Å². The highest BCUT2D eigenvalue weighted by atomic mass is 79.9. The van der Waals surface area contributed by atoms with Gasteiger partial charge in [0.25, 0.3) is 0 Å². The molecular formula is C9H12BrN3O. The second-order valence-electron chi connectivity index (χ2n) is 3.51. The Balaban J connectivity index is 1.82. The standard InChI is InChI=1S/C9H12BrN3O/c10-7-3-11-9(12-4-7)13-5-8(14)6-1-2-6/h3-4,6,8,14H,1-2,5H2,(H,11,12,13). The molecule has 2 rings (SSSR count). The van der Waals surface area contributed by atoms with Crippen molar-refractivity contribution >= 4 is 21.9 Å². The zero-order valence-electron chi connectivity index (χ0n) is 7.65. The number of aliphatic hydroxyl groups is 1. The monoisotopic (exact) mass is 257 g/mol. The summed E-state index contributed by atoms with van der Waals surface area (Å²) in [5.41, 5.74) is 0. The van der Waals surface area contributed by atoms with Crippen molar-refractivity contribution in [1.29, 1.82) is 0 Å². The summed E-state index contributed by atoms with van der Waals surface area (Å²) in [6.45, 7) is 0.534. The number of hydrogen-bond acceptors (Lipinski definition) is 4. The molecule has 1 aromatic heterocycles. The Morgan fingerprint density at radius 1 is 1.50 bits per heavy atom. The Labute approximate surface area is 90.9 Å². The minimum atomic E-state index is -0.262. The number of halogens is 1. The van der Waals surface area contributed by atoms with Gasteiger partial charge in [0.1, 0.15) is 0 Å². The van der Waals surface area contributed by atoms with Crippen LogP contribution in [0.1, 0.15) is 12.8 Å². The molecule has 14 heavy (non-hydrogen) atoms. The number of aliphatic hydroxyl groups excluding tert-OH is 1. The first-order valence-electron chi connectivity index (χ1n) is 4.65. The number of nitrogens with zero attached hydrogens (tertiary/aromatic N) is 2. The van der Waals surface area contributed by atoms with Crippen LogP contribution in [0.25, 0.3) is 0 Å². The van der Waals surface area contributed by atoms with Gasteiger partial charge < -0.3 is 10.4 Å². The van der Waals surface area contributed by atoms with Crippen molar-refractivity contribution in [3.8, 4) is 0 Å². The number of nitrogens with one attached hydrogen (secondary N) is 1. The third-order valence-corrected chi connectivity index (χ3v) is 2.67. The molecule has 1 atom stereocenters. The van der Waals surface area contributed by atoms with Gasteiger partial charge in [-0.25, -0.2) is 9.97 Å². The molecule has 5 heteroatoms. The lowest BCUT2D eigenvalue weighted by molar-refractivity contribution is 0.164. The topological polar surface area (TPSA) is 58.0 Å². The van der Waals surface area contributed by atoms with E-state index >= 15 is 0 Å². The molecule has 2 N–H and O–H groups in total. The lowest BCUT2D eigenvalue weighted by atomic mass is 10.2. The zero-order chi connectivity index (χ0) is 9.97. The van der Waals surface area contributed by atoms with Crippen LogP contribution in [0.4, 0.5) is 5.95 Å². The van der Waals surface area contributed by atoms with Gasteiger partial charge in [0.15, 0.2) is 0 Å². The molecule has 0 radical (unpaired) electrons. The minimum absolute atomic E-state index is 0.262. The SMILES string of the molecule is OC(CNc1ncc(Br)cn1)C1CC1. The quantitative estimate of drug-likeness (QED) is 0.857. The van der Waals surface area contributed by atoms with Crippen LogP contribution in [0.5, 0.6) is 0 Å². The van der Waals surface area contributed by atoms with Gasteiger partial charge in [-0.3, -0.25) is 0 Å². The maximum absolute atomic E-state index is 9.58. The fourth-order valence-corrected chi connectivity index (χ4v) is 1.45. The summed E-state index contributed by atoms with van der Waals surface area (Å²) in [6.07, 6.45) is 5.38. The Kier molecular flexibility index (Phi) is 2.98. The fourth-order valence-electron chi connectivity index (χ4n) is 1.25. The van der Waals surface area contributed by atoms with E-state index in [1.54, 1.807) is 12.4 Å². The maximum atomic E-state index is 9.58. The molecule has 0 amide bonds. The normalized spacial score (nSPS) is 17.9. The van der Waals surface area contributed by atoms with E-state index in [1.165, 1.54) is 0 Å². The molecule has 0 spiro atoms. The molecule has 1 saturated carbocycles. The lowest BCUT2D eigenvalue weighted by Crippen LogP contribution is -2.22. The first kappa shape index (κ1) is 9.86. The van der Waals surface area contributed by atoms with E-state index in [1.807, 2.05) is 0 Å². The molecular weight excluding hydrogens is 246 g/mol. The largest absolute Gasteiger partial charge is 0.391 e. The van der Waals surface area contributed by atoms with Crippen molar-refractivity contribution in [2.75, 3.05) is 11.9 Å². The van der Waals surface area contributed by atoms with Crippen LogP contribution >= 0.6 is 15.9 Å². The summed E-state index contributed by atoms with van der Waals surface area (Å²) in [6, 6.07) is 0. The molecule has 1 aromatic rings. The van der Waals surface area contributed by atoms with Crippen molar-refractivity contribution < 1.29 is 5.11 Å². The third kappa shape index (κ3) is 2.65. The van der Waals surface area contributed by atoms with Gasteiger partial charge in [-0.2, -0.15) is 0 Å². The summed E-state index contributed by atoms with van der Waals surface area (Å²) in [5, 5.41) is 12.6. The highest BCUT2D eigenvalue weighted by Crippen LogP contribution is 2.32. The molecule has 1 heterocycles. The molecule has 0 aromatic carbocycles. The van der Waals surface area contributed by atoms with Crippen molar-refractivity contribution in [2.24, 2.45) is 5.92 Å². The average molecular weight is 258 g/mol. The van der Waals surface area contributed by atoms with Crippen molar-refractivity contribution in [1.82, 2.24) is 9.97 Å². The van der Waals surface area contributed by atoms with Crippen molar-refractivity contribution in [2.45, 2.75) is 18.9 Å². The molecule has 1 fully saturated rings. The van der Waals surface area contributed by atoms with Crippen LogP contribution in [0.2, 0.25) is 0 Å². The van der Waals surface area contributed by atoms with Crippen molar-refractivity contribution in [3.05, 3.63) is 16.9 Å². The summed E-state index contributed by atoms with van der Waals surface area (Å²) in [4.78, 5) is 8.10. The summed E-state index contributed by atoms with van der Waals surface area (Å²) in [7, 11) is 0. The van der Waals surface area contributed by atoms with E-state index in [-0.39, 0.29) is 6.10 Å². The van der Waals surface area contributed by atoms with Gasteiger partial charge in [0, 0.05) is 18.9 Å². The lowest BCUT2D eigenvalue weighted by Gasteiger charge is -2.09. The van der Waals surface area contributed by atoms with Gasteiger partial charge in [-0.05, 0) is 34.7 Å². The van der Waals surface area contributed by atoms with Crippen LogP contribution < -0.4 is 5.32 Å². The smallest absolute Gasteiger partial charge is 0.222 e. The van der Waals surface area contributed by atoms with E-state index in [0.717, 1.165) is 17.3 Å². The molecule has 0 saturated heterocycles. The second-order valence-corrected chi connectivity index (χ2v) is 4.43. The molecule has 1 aliphatic carbocycles. The molecule has 0 bridgehead atoms. The first-order chi connectivity index (χ1) is 6.75. The van der Waals surface area contributed by atoms with Gasteiger partial charge >= 0.3 is 0 Å². The number of anilines is 1. The Hall–Kier alpha value is -0.680. The van der Waals surface area contributed by atoms with E-state index < -0.39 is 0 Å². The van der Waals surface area contributed by atoms with Crippen LogP contribution in [-0.2, 0) is 0 Å². The van der Waals surface area contributed by atoms with E-state index in [9.17, 15) is 5.11 Å². The second kappa shape index (κ2) is 4.23. The fraction of sp³-hybridized carbons (Fsp3) is 0.556. The zero-order valence-corrected chi connectivity index (χ0v) is 9.24. The summed E-state index contributed by atoms with van der Waals surface area (Å²) in [5.74, 6) is 1.05. The Bertz CT molecular complexity index is 299. The van der Waals surface area contributed by atoms with Gasteiger partial charge in [0.2, 0.25) is 5.95 Å². The van der Waals surface area contributed by atoms with Crippen molar-refractivity contribution in [3.63, 3.8) is 0 Å². The highest BCUT2D eigenvalue weighted by molar-refractivity contribution is 9.10. The van der Waals surface area contributed by atoms with Gasteiger partial charge in [0.05, 0.1) is 10.6 Å². The predicted octanol–water partition coefficient (Wildman–Crippen LogP) is 1.42. The molecule has 1 unspecified atom stereocenters. The van der Waals surface area contributed by atoms with Crippen LogP contribution in [0, 0.1) is 5.92 Å². The Morgan fingerprint density at radius 2 is 2.14 bits per heavy atom. The van der Waals surface area contributed by atoms with Gasteiger partial charge in [-0.1, -0.05) is 0 Å². The molecule has 76 valence electrons. The van der Waals surface area contributed by atoms with Gasteiger partial charge in [-0.15, -0.1) is 0 Å². The number of rotatable bonds is 4. The van der Waals surface area contributed by atoms with Crippen LogP contribution in [0.3, 0.4) is 0 Å². The minimum Gasteiger partial charge on any atom is -0.391 e. The third-order valence-electron chi connectivity index (χ3n) is 2.26. The molecule has 0 aliphatic heterocycles. The van der Waals surface area contributed by atoms with E-state index in [2.05, 4.69) is 31.2 Å². The van der Waals surface area contributed by atoms with E-state index in [0.29, 0.717) is 18.4 Å².